The minimum absolute atomic E-state index is 0.277. The minimum atomic E-state index is 0.277. The average molecular weight is 292 g/mol. The largest absolute Gasteiger partial charge is 0.307 e. The van der Waals surface area contributed by atoms with Gasteiger partial charge in [-0.15, -0.1) is 11.6 Å². The number of nitrogens with zero attached hydrogens (tertiary/aromatic N) is 2. The van der Waals surface area contributed by atoms with Crippen LogP contribution in [0.5, 0.6) is 0 Å². The number of nitrogens with one attached hydrogen (secondary N) is 1. The second-order valence-electron chi connectivity index (χ2n) is 5.03. The third-order valence-electron chi connectivity index (χ3n) is 3.47. The number of aryl methyl sites for hydroxylation is 2. The van der Waals surface area contributed by atoms with Crippen molar-refractivity contribution in [3.05, 3.63) is 53.3 Å². The number of benzene rings is 1. The van der Waals surface area contributed by atoms with Gasteiger partial charge in [-0.1, -0.05) is 37.3 Å². The van der Waals surface area contributed by atoms with E-state index in [-0.39, 0.29) is 6.04 Å². The second kappa shape index (κ2) is 7.46. The van der Waals surface area contributed by atoms with Crippen LogP contribution in [0, 0.1) is 0 Å². The summed E-state index contributed by atoms with van der Waals surface area (Å²) in [6.07, 6.45) is 1.92. The lowest BCUT2D eigenvalue weighted by atomic mass is 10.1. The van der Waals surface area contributed by atoms with Gasteiger partial charge in [-0.25, -0.2) is 0 Å². The summed E-state index contributed by atoms with van der Waals surface area (Å²) in [7, 11) is 1.99. The molecule has 2 rings (SSSR count). The quantitative estimate of drug-likeness (QED) is 0.795. The first-order chi connectivity index (χ1) is 9.72. The molecule has 1 N–H and O–H groups in total. The van der Waals surface area contributed by atoms with Crippen molar-refractivity contribution in [2.75, 3.05) is 5.88 Å². The second-order valence-corrected chi connectivity index (χ2v) is 5.33. The van der Waals surface area contributed by atoms with Crippen molar-refractivity contribution < 1.29 is 0 Å². The highest BCUT2D eigenvalue weighted by molar-refractivity contribution is 6.18. The number of rotatable bonds is 7. The maximum Gasteiger partial charge on any atom is 0.0625 e. The van der Waals surface area contributed by atoms with Gasteiger partial charge in [-0.05, 0) is 24.5 Å². The molecule has 1 aromatic heterocycles. The van der Waals surface area contributed by atoms with Crippen LogP contribution in [-0.2, 0) is 26.4 Å². The van der Waals surface area contributed by atoms with Crippen molar-refractivity contribution in [2.45, 2.75) is 32.4 Å². The lowest BCUT2D eigenvalue weighted by Crippen LogP contribution is -2.32. The summed E-state index contributed by atoms with van der Waals surface area (Å²) in [4.78, 5) is 0. The summed E-state index contributed by atoms with van der Waals surface area (Å²) < 4.78 is 1.94. The average Bonchev–Trinajstić information content (AvgIpc) is 2.85. The molecule has 1 aromatic carbocycles. The van der Waals surface area contributed by atoms with E-state index in [9.17, 15) is 0 Å². The summed E-state index contributed by atoms with van der Waals surface area (Å²) >= 11 is 6.07. The maximum absolute atomic E-state index is 6.07. The number of aromatic nitrogens is 2. The van der Waals surface area contributed by atoms with Gasteiger partial charge in [0.15, 0.2) is 0 Å². The molecule has 2 aromatic rings. The van der Waals surface area contributed by atoms with Crippen molar-refractivity contribution in [3.63, 3.8) is 0 Å². The van der Waals surface area contributed by atoms with E-state index in [0.29, 0.717) is 5.88 Å². The summed E-state index contributed by atoms with van der Waals surface area (Å²) in [5.41, 5.74) is 3.64. The molecule has 0 aliphatic carbocycles. The van der Waals surface area contributed by atoms with E-state index >= 15 is 0 Å². The zero-order chi connectivity index (χ0) is 14.4. The SMILES string of the molecule is CCc1cc(CNC(CCl)Cc2ccccc2)n(C)n1. The Morgan fingerprint density at radius 2 is 2.05 bits per heavy atom. The van der Waals surface area contributed by atoms with Crippen molar-refractivity contribution in [2.24, 2.45) is 7.05 Å². The molecule has 3 nitrogen and oxygen atoms in total. The molecule has 1 unspecified atom stereocenters. The van der Waals surface area contributed by atoms with Crippen LogP contribution >= 0.6 is 11.6 Å². The molecule has 0 fully saturated rings. The third kappa shape index (κ3) is 4.09. The van der Waals surface area contributed by atoms with Gasteiger partial charge in [-0.2, -0.15) is 5.10 Å². The zero-order valence-electron chi connectivity index (χ0n) is 12.1. The molecule has 0 bridgehead atoms. The topological polar surface area (TPSA) is 29.9 Å². The van der Waals surface area contributed by atoms with E-state index in [0.717, 1.165) is 25.1 Å². The number of alkyl halides is 1. The van der Waals surface area contributed by atoms with E-state index < -0.39 is 0 Å². The highest BCUT2D eigenvalue weighted by atomic mass is 35.5. The van der Waals surface area contributed by atoms with Gasteiger partial charge < -0.3 is 5.32 Å². The molecule has 0 saturated carbocycles. The first-order valence-electron chi connectivity index (χ1n) is 7.08. The molecule has 1 heterocycles. The van der Waals surface area contributed by atoms with E-state index in [2.05, 4.69) is 47.7 Å². The molecular formula is C16H22ClN3. The molecule has 0 saturated heterocycles. The van der Waals surface area contributed by atoms with Crippen LogP contribution in [-0.4, -0.2) is 21.7 Å². The molecule has 108 valence electrons. The predicted molar refractivity (Wildman–Crippen MR) is 84.1 cm³/mol. The summed E-state index contributed by atoms with van der Waals surface area (Å²) in [6.45, 7) is 2.92. The third-order valence-corrected chi connectivity index (χ3v) is 3.85. The highest BCUT2D eigenvalue weighted by Crippen LogP contribution is 2.07. The fourth-order valence-electron chi connectivity index (χ4n) is 2.24. The fraction of sp³-hybridized carbons (Fsp3) is 0.438. The Labute approximate surface area is 126 Å². The first-order valence-corrected chi connectivity index (χ1v) is 7.61. The van der Waals surface area contributed by atoms with Crippen LogP contribution in [0.25, 0.3) is 0 Å². The van der Waals surface area contributed by atoms with Crippen molar-refractivity contribution >= 4 is 11.6 Å². The van der Waals surface area contributed by atoms with Crippen LogP contribution in [0.1, 0.15) is 23.9 Å². The number of halogens is 1. The van der Waals surface area contributed by atoms with Crippen LogP contribution in [0.15, 0.2) is 36.4 Å². The van der Waals surface area contributed by atoms with Crippen LogP contribution in [0.2, 0.25) is 0 Å². The van der Waals surface area contributed by atoms with Gasteiger partial charge in [-0.3, -0.25) is 4.68 Å². The molecular weight excluding hydrogens is 270 g/mol. The van der Waals surface area contributed by atoms with Crippen LogP contribution < -0.4 is 5.32 Å². The van der Waals surface area contributed by atoms with Crippen molar-refractivity contribution in [1.82, 2.24) is 15.1 Å². The summed E-state index contributed by atoms with van der Waals surface area (Å²) in [5.74, 6) is 0.605. The molecule has 0 aliphatic heterocycles. The zero-order valence-corrected chi connectivity index (χ0v) is 12.9. The van der Waals surface area contributed by atoms with E-state index in [4.69, 9.17) is 11.6 Å². The monoisotopic (exact) mass is 291 g/mol. The van der Waals surface area contributed by atoms with Crippen molar-refractivity contribution in [1.29, 1.82) is 0 Å². The molecule has 1 atom stereocenters. The molecule has 4 heteroatoms. The number of hydrogen-bond acceptors (Lipinski definition) is 2. The smallest absolute Gasteiger partial charge is 0.0625 e. The van der Waals surface area contributed by atoms with E-state index in [1.54, 1.807) is 0 Å². The van der Waals surface area contributed by atoms with Gasteiger partial charge in [0.2, 0.25) is 0 Å². The van der Waals surface area contributed by atoms with Gasteiger partial charge >= 0.3 is 0 Å². The fourth-order valence-corrected chi connectivity index (χ4v) is 2.46. The number of hydrogen-bond donors (Lipinski definition) is 1. The molecule has 0 radical (unpaired) electrons. The van der Waals surface area contributed by atoms with Gasteiger partial charge in [0.05, 0.1) is 11.4 Å². The van der Waals surface area contributed by atoms with Crippen LogP contribution in [0.4, 0.5) is 0 Å². The Hall–Kier alpha value is -1.32. The Morgan fingerprint density at radius 1 is 1.30 bits per heavy atom. The lowest BCUT2D eigenvalue weighted by molar-refractivity contribution is 0.529. The molecule has 0 aliphatic rings. The maximum atomic E-state index is 6.07. The molecule has 0 spiro atoms. The Morgan fingerprint density at radius 3 is 2.65 bits per heavy atom. The van der Waals surface area contributed by atoms with Crippen molar-refractivity contribution in [3.8, 4) is 0 Å². The van der Waals surface area contributed by atoms with Gasteiger partial charge in [0, 0.05) is 25.5 Å². The standard InChI is InChI=1S/C16H22ClN3/c1-3-14-10-16(20(2)19-14)12-18-15(11-17)9-13-7-5-4-6-8-13/h4-8,10,15,18H,3,9,11-12H2,1-2H3. The normalized spacial score (nSPS) is 12.6. The molecule has 0 amide bonds. The van der Waals surface area contributed by atoms with Gasteiger partial charge in [0.1, 0.15) is 0 Å². The van der Waals surface area contributed by atoms with Gasteiger partial charge in [0.25, 0.3) is 0 Å². The first kappa shape index (κ1) is 15.1. The highest BCUT2D eigenvalue weighted by Gasteiger charge is 2.10. The summed E-state index contributed by atoms with van der Waals surface area (Å²) in [6, 6.07) is 12.9. The summed E-state index contributed by atoms with van der Waals surface area (Å²) in [5, 5.41) is 7.98. The Kier molecular flexibility index (Phi) is 5.62. The van der Waals surface area contributed by atoms with E-state index in [1.165, 1.54) is 11.3 Å². The Balaban J connectivity index is 1.91. The van der Waals surface area contributed by atoms with Crippen LogP contribution in [0.3, 0.4) is 0 Å². The molecule has 20 heavy (non-hydrogen) atoms. The minimum Gasteiger partial charge on any atom is -0.307 e. The Bertz CT molecular complexity index is 522. The predicted octanol–water partition coefficient (Wildman–Crippen LogP) is 2.92. The van der Waals surface area contributed by atoms with E-state index in [1.807, 2.05) is 17.8 Å². The lowest BCUT2D eigenvalue weighted by Gasteiger charge is -2.16.